The van der Waals surface area contributed by atoms with Gasteiger partial charge in [-0.25, -0.2) is 22.2 Å². The predicted octanol–water partition coefficient (Wildman–Crippen LogP) is 6.11. The molecule has 36 heavy (non-hydrogen) atoms. The third-order valence-corrected chi connectivity index (χ3v) is 8.22. The smallest absolute Gasteiger partial charge is 0.356 e. The molecular formula is C29H26N2O4S. The number of carbonyl (C=O) groups excluding carboxylic acids is 1. The van der Waals surface area contributed by atoms with Crippen molar-refractivity contribution in [2.24, 2.45) is 0 Å². The lowest BCUT2D eigenvalue weighted by molar-refractivity contribution is 0.0594. The van der Waals surface area contributed by atoms with Crippen LogP contribution in [0, 0.1) is 27.7 Å². The van der Waals surface area contributed by atoms with Gasteiger partial charge in [-0.2, -0.15) is 0 Å². The van der Waals surface area contributed by atoms with E-state index in [4.69, 9.17) is 9.72 Å². The van der Waals surface area contributed by atoms with Crippen molar-refractivity contribution >= 4 is 37.8 Å². The van der Waals surface area contributed by atoms with E-state index in [1.807, 2.05) is 39.8 Å². The van der Waals surface area contributed by atoms with E-state index in [9.17, 15) is 13.2 Å². The average Bonchev–Trinajstić information content (AvgIpc) is 3.18. The highest BCUT2D eigenvalue weighted by Crippen LogP contribution is 2.40. The van der Waals surface area contributed by atoms with Gasteiger partial charge in [0.1, 0.15) is 0 Å². The lowest BCUT2D eigenvalue weighted by Gasteiger charge is -2.14. The lowest BCUT2D eigenvalue weighted by atomic mass is 9.94. The standard InChI is InChI=1S/C29H26N2O4S/c1-17-10-12-21(13-11-17)36(33,34)31-24-9-7-6-8-22(24)27-25(31)16-23(29(32)35-5)30-28(27)26-19(3)14-18(2)15-20(26)4/h6-16H,1-5H3. The van der Waals surface area contributed by atoms with Crippen LogP contribution in [0.3, 0.4) is 0 Å². The molecule has 182 valence electrons. The van der Waals surface area contributed by atoms with E-state index < -0.39 is 16.0 Å². The zero-order valence-electron chi connectivity index (χ0n) is 20.8. The zero-order valence-corrected chi connectivity index (χ0v) is 21.6. The fourth-order valence-electron chi connectivity index (χ4n) is 4.97. The summed E-state index contributed by atoms with van der Waals surface area (Å²) < 4.78 is 34.4. The van der Waals surface area contributed by atoms with Crippen molar-refractivity contribution in [1.82, 2.24) is 8.96 Å². The predicted molar refractivity (Wildman–Crippen MR) is 142 cm³/mol. The molecule has 0 radical (unpaired) electrons. The second-order valence-corrected chi connectivity index (χ2v) is 10.9. The first-order valence-corrected chi connectivity index (χ1v) is 13.0. The summed E-state index contributed by atoms with van der Waals surface area (Å²) in [6.07, 6.45) is 0. The second-order valence-electron chi connectivity index (χ2n) is 9.12. The van der Waals surface area contributed by atoms with E-state index in [0.29, 0.717) is 22.1 Å². The minimum Gasteiger partial charge on any atom is -0.464 e. The minimum absolute atomic E-state index is 0.0440. The molecule has 0 N–H and O–H groups in total. The summed E-state index contributed by atoms with van der Waals surface area (Å²) in [5.41, 5.74) is 6.40. The number of fused-ring (bicyclic) bond motifs is 3. The minimum atomic E-state index is -4.00. The molecule has 6 nitrogen and oxygen atoms in total. The summed E-state index contributed by atoms with van der Waals surface area (Å²) >= 11 is 0. The number of pyridine rings is 1. The molecular weight excluding hydrogens is 472 g/mol. The molecule has 5 rings (SSSR count). The Bertz CT molecular complexity index is 1760. The lowest BCUT2D eigenvalue weighted by Crippen LogP contribution is -2.14. The van der Waals surface area contributed by atoms with E-state index in [1.54, 1.807) is 36.4 Å². The molecule has 7 heteroatoms. The molecule has 5 aromatic rings. The van der Waals surface area contributed by atoms with Gasteiger partial charge in [-0.1, -0.05) is 53.6 Å². The molecule has 0 fully saturated rings. The van der Waals surface area contributed by atoms with Gasteiger partial charge in [-0.3, -0.25) is 0 Å². The topological polar surface area (TPSA) is 78.3 Å². The Kier molecular flexibility index (Phi) is 5.68. The maximum atomic E-state index is 14.0. The molecule has 0 saturated heterocycles. The fraction of sp³-hybridized carbons (Fsp3) is 0.172. The van der Waals surface area contributed by atoms with Gasteiger partial charge in [0.05, 0.1) is 28.7 Å². The molecule has 0 aliphatic rings. The Hall–Kier alpha value is -3.97. The van der Waals surface area contributed by atoms with Crippen LogP contribution in [0.5, 0.6) is 0 Å². The third kappa shape index (κ3) is 3.67. The highest BCUT2D eigenvalue weighted by atomic mass is 32.2. The van der Waals surface area contributed by atoms with Crippen molar-refractivity contribution in [2.75, 3.05) is 7.11 Å². The molecule has 0 bridgehead atoms. The van der Waals surface area contributed by atoms with Gasteiger partial charge in [-0.05, 0) is 63.1 Å². The van der Waals surface area contributed by atoms with Crippen LogP contribution in [-0.2, 0) is 14.8 Å². The number of aryl methyl sites for hydroxylation is 4. The van der Waals surface area contributed by atoms with E-state index in [-0.39, 0.29) is 10.6 Å². The van der Waals surface area contributed by atoms with E-state index in [2.05, 4.69) is 12.1 Å². The van der Waals surface area contributed by atoms with Crippen molar-refractivity contribution in [3.63, 3.8) is 0 Å². The number of nitrogens with zero attached hydrogens (tertiary/aromatic N) is 2. The number of hydrogen-bond donors (Lipinski definition) is 0. The van der Waals surface area contributed by atoms with Crippen LogP contribution in [0.4, 0.5) is 0 Å². The summed E-state index contributed by atoms with van der Waals surface area (Å²) in [5.74, 6) is -0.634. The fourth-order valence-corrected chi connectivity index (χ4v) is 6.48. The van der Waals surface area contributed by atoms with Crippen molar-refractivity contribution in [2.45, 2.75) is 32.6 Å². The molecule has 3 aromatic carbocycles. The Morgan fingerprint density at radius 2 is 1.47 bits per heavy atom. The summed E-state index contributed by atoms with van der Waals surface area (Å²) in [6, 6.07) is 19.7. The van der Waals surface area contributed by atoms with Crippen LogP contribution in [-0.4, -0.2) is 30.5 Å². The first kappa shape index (κ1) is 23.8. The monoisotopic (exact) mass is 498 g/mol. The number of methoxy groups -OCH3 is 1. The van der Waals surface area contributed by atoms with Crippen LogP contribution >= 0.6 is 0 Å². The van der Waals surface area contributed by atoms with E-state index in [1.165, 1.54) is 17.1 Å². The van der Waals surface area contributed by atoms with Gasteiger partial charge in [-0.15, -0.1) is 0 Å². The Balaban J connectivity index is 2.00. The van der Waals surface area contributed by atoms with E-state index >= 15 is 0 Å². The van der Waals surface area contributed by atoms with Gasteiger partial charge in [0.25, 0.3) is 10.0 Å². The Morgan fingerprint density at radius 3 is 2.11 bits per heavy atom. The summed E-state index contributed by atoms with van der Waals surface area (Å²) in [6.45, 7) is 7.92. The molecule has 0 spiro atoms. The van der Waals surface area contributed by atoms with Gasteiger partial charge in [0.15, 0.2) is 5.69 Å². The number of carbonyl (C=O) groups is 1. The van der Waals surface area contributed by atoms with Gasteiger partial charge < -0.3 is 4.74 Å². The molecule has 0 saturated carbocycles. The van der Waals surface area contributed by atoms with Gasteiger partial charge in [0.2, 0.25) is 0 Å². The van der Waals surface area contributed by atoms with Crippen molar-refractivity contribution in [3.05, 3.63) is 94.7 Å². The highest BCUT2D eigenvalue weighted by molar-refractivity contribution is 7.90. The maximum absolute atomic E-state index is 14.0. The second kappa shape index (κ2) is 8.60. The van der Waals surface area contributed by atoms with Crippen molar-refractivity contribution in [3.8, 4) is 11.3 Å². The van der Waals surface area contributed by atoms with Crippen LogP contribution in [0.15, 0.2) is 71.6 Å². The number of benzene rings is 3. The SMILES string of the molecule is COC(=O)c1cc2c(c(-c3c(C)cc(C)cc3C)n1)c1ccccc1n2S(=O)(=O)c1ccc(C)cc1. The van der Waals surface area contributed by atoms with Gasteiger partial charge >= 0.3 is 5.97 Å². The van der Waals surface area contributed by atoms with Crippen LogP contribution in [0.1, 0.15) is 32.7 Å². The number of esters is 1. The van der Waals surface area contributed by atoms with Crippen LogP contribution < -0.4 is 0 Å². The molecule has 0 aliphatic heterocycles. The maximum Gasteiger partial charge on any atom is 0.356 e. The quantitative estimate of drug-likeness (QED) is 0.279. The number of hydrogen-bond acceptors (Lipinski definition) is 5. The summed E-state index contributed by atoms with van der Waals surface area (Å²) in [4.78, 5) is 17.6. The molecule has 0 amide bonds. The molecule has 2 aromatic heterocycles. The molecule has 2 heterocycles. The summed E-state index contributed by atoms with van der Waals surface area (Å²) in [5, 5.41) is 1.41. The third-order valence-electron chi connectivity index (χ3n) is 6.48. The van der Waals surface area contributed by atoms with Crippen molar-refractivity contribution < 1.29 is 17.9 Å². The van der Waals surface area contributed by atoms with E-state index in [0.717, 1.165) is 33.2 Å². The number of ether oxygens (including phenoxy) is 1. The molecule has 0 unspecified atom stereocenters. The Morgan fingerprint density at radius 1 is 0.833 bits per heavy atom. The number of aromatic nitrogens is 2. The highest BCUT2D eigenvalue weighted by Gasteiger charge is 2.28. The molecule has 0 aliphatic carbocycles. The van der Waals surface area contributed by atoms with Gasteiger partial charge in [0, 0.05) is 16.3 Å². The number of para-hydroxylation sites is 1. The van der Waals surface area contributed by atoms with Crippen molar-refractivity contribution in [1.29, 1.82) is 0 Å². The largest absolute Gasteiger partial charge is 0.464 e. The molecule has 0 atom stereocenters. The summed E-state index contributed by atoms with van der Waals surface area (Å²) in [7, 11) is -2.72. The van der Waals surface area contributed by atoms with Crippen LogP contribution in [0.25, 0.3) is 33.1 Å². The normalized spacial score (nSPS) is 11.8. The average molecular weight is 499 g/mol. The first-order valence-electron chi connectivity index (χ1n) is 11.6. The zero-order chi connectivity index (χ0) is 25.8. The number of rotatable bonds is 4. The first-order chi connectivity index (χ1) is 17.1. The Labute approximate surface area is 210 Å². The van der Waals surface area contributed by atoms with Crippen LogP contribution in [0.2, 0.25) is 0 Å².